The SMILES string of the molecule is Nc1cc(S(=O)(=O)Nc2ccc(Cl)c(Cl)c2)c(Cl)cc1F. The number of hydrogen-bond donors (Lipinski definition) is 2. The maximum absolute atomic E-state index is 13.2. The standard InChI is InChI=1S/C12H8Cl3FN2O2S/c13-7-2-1-6(3-8(7)14)18-21(19,20)12-5-11(17)10(16)4-9(12)15/h1-5,18H,17H2. The van der Waals surface area contributed by atoms with Crippen LogP contribution in [0.4, 0.5) is 15.8 Å². The lowest BCUT2D eigenvalue weighted by atomic mass is 10.3. The minimum atomic E-state index is -4.04. The molecule has 0 spiro atoms. The summed E-state index contributed by atoms with van der Waals surface area (Å²) in [5.74, 6) is -0.798. The minimum Gasteiger partial charge on any atom is -0.396 e. The van der Waals surface area contributed by atoms with Gasteiger partial charge >= 0.3 is 0 Å². The summed E-state index contributed by atoms with van der Waals surface area (Å²) in [5, 5.41) is 0.180. The number of anilines is 2. The third kappa shape index (κ3) is 3.52. The molecule has 4 nitrogen and oxygen atoms in total. The van der Waals surface area contributed by atoms with E-state index >= 15 is 0 Å². The first-order chi connectivity index (χ1) is 9.70. The summed E-state index contributed by atoms with van der Waals surface area (Å²) in [6, 6.07) is 5.97. The van der Waals surface area contributed by atoms with E-state index in [0.29, 0.717) is 0 Å². The zero-order valence-corrected chi connectivity index (χ0v) is 13.3. The van der Waals surface area contributed by atoms with Crippen LogP contribution >= 0.6 is 34.8 Å². The number of halogens is 4. The molecular formula is C12H8Cl3FN2O2S. The molecular weight excluding hydrogens is 362 g/mol. The molecule has 21 heavy (non-hydrogen) atoms. The van der Waals surface area contributed by atoms with E-state index < -0.39 is 15.8 Å². The van der Waals surface area contributed by atoms with E-state index in [4.69, 9.17) is 40.5 Å². The molecule has 0 aliphatic rings. The van der Waals surface area contributed by atoms with Gasteiger partial charge in [-0.05, 0) is 30.3 Å². The van der Waals surface area contributed by atoms with E-state index in [9.17, 15) is 12.8 Å². The van der Waals surface area contributed by atoms with Crippen LogP contribution in [0, 0.1) is 5.82 Å². The van der Waals surface area contributed by atoms with Crippen molar-refractivity contribution in [2.24, 2.45) is 0 Å². The number of hydrogen-bond acceptors (Lipinski definition) is 3. The van der Waals surface area contributed by atoms with Gasteiger partial charge in [0.2, 0.25) is 0 Å². The van der Waals surface area contributed by atoms with Crippen LogP contribution in [-0.2, 0) is 10.0 Å². The smallest absolute Gasteiger partial charge is 0.263 e. The topological polar surface area (TPSA) is 72.2 Å². The Kier molecular flexibility index (Phi) is 4.53. The first kappa shape index (κ1) is 16.2. The van der Waals surface area contributed by atoms with Gasteiger partial charge in [0.15, 0.2) is 0 Å². The van der Waals surface area contributed by atoms with E-state index in [2.05, 4.69) is 4.72 Å². The lowest BCUT2D eigenvalue weighted by Gasteiger charge is -2.11. The second-order valence-electron chi connectivity index (χ2n) is 4.04. The molecule has 3 N–H and O–H groups in total. The number of benzene rings is 2. The molecule has 2 aromatic rings. The Morgan fingerprint density at radius 3 is 2.29 bits per heavy atom. The molecule has 0 fully saturated rings. The van der Waals surface area contributed by atoms with Crippen LogP contribution in [0.3, 0.4) is 0 Å². The van der Waals surface area contributed by atoms with Gasteiger partial charge in [0, 0.05) is 0 Å². The number of nitrogens with one attached hydrogen (secondary N) is 1. The van der Waals surface area contributed by atoms with Gasteiger partial charge in [-0.15, -0.1) is 0 Å². The molecule has 112 valence electrons. The van der Waals surface area contributed by atoms with Crippen molar-refractivity contribution >= 4 is 56.2 Å². The predicted octanol–water partition coefficient (Wildman–Crippen LogP) is 4.17. The van der Waals surface area contributed by atoms with Crippen molar-refractivity contribution in [3.8, 4) is 0 Å². The summed E-state index contributed by atoms with van der Waals surface area (Å²) in [5.41, 5.74) is 5.22. The van der Waals surface area contributed by atoms with Crippen molar-refractivity contribution in [2.75, 3.05) is 10.5 Å². The Hall–Kier alpha value is -1.21. The molecule has 0 aliphatic carbocycles. The number of nitrogens with two attached hydrogens (primary N) is 1. The molecule has 2 aromatic carbocycles. The van der Waals surface area contributed by atoms with E-state index in [0.717, 1.165) is 12.1 Å². The highest BCUT2D eigenvalue weighted by Gasteiger charge is 2.20. The third-order valence-corrected chi connectivity index (χ3v) is 5.10. The van der Waals surface area contributed by atoms with E-state index in [1.165, 1.54) is 18.2 Å². The fourth-order valence-electron chi connectivity index (χ4n) is 1.52. The molecule has 0 unspecified atom stereocenters. The Labute approximate surface area is 135 Å². The molecule has 0 aromatic heterocycles. The lowest BCUT2D eigenvalue weighted by molar-refractivity contribution is 0.600. The molecule has 0 amide bonds. The quantitative estimate of drug-likeness (QED) is 0.798. The molecule has 0 saturated heterocycles. The Morgan fingerprint density at radius 1 is 1.00 bits per heavy atom. The van der Waals surface area contributed by atoms with Gasteiger partial charge in [0.1, 0.15) is 10.7 Å². The second kappa shape index (κ2) is 5.88. The van der Waals surface area contributed by atoms with Gasteiger partial charge in [-0.1, -0.05) is 34.8 Å². The highest BCUT2D eigenvalue weighted by molar-refractivity contribution is 7.92. The van der Waals surface area contributed by atoms with E-state index in [-0.39, 0.29) is 31.3 Å². The zero-order valence-electron chi connectivity index (χ0n) is 10.2. The molecule has 0 aliphatic heterocycles. The predicted molar refractivity (Wildman–Crippen MR) is 83.1 cm³/mol. The van der Waals surface area contributed by atoms with Crippen LogP contribution in [0.15, 0.2) is 35.2 Å². The first-order valence-corrected chi connectivity index (χ1v) is 8.05. The fourth-order valence-corrected chi connectivity index (χ4v) is 3.42. The summed E-state index contributed by atoms with van der Waals surface area (Å²) in [6.07, 6.45) is 0. The summed E-state index contributed by atoms with van der Waals surface area (Å²) in [7, 11) is -4.04. The Bertz CT molecular complexity index is 812. The van der Waals surface area contributed by atoms with Crippen LogP contribution < -0.4 is 10.5 Å². The third-order valence-electron chi connectivity index (χ3n) is 2.51. The molecule has 0 atom stereocenters. The normalized spacial score (nSPS) is 11.4. The maximum atomic E-state index is 13.2. The van der Waals surface area contributed by atoms with Gasteiger partial charge in [-0.2, -0.15) is 0 Å². The van der Waals surface area contributed by atoms with Crippen LogP contribution in [0.2, 0.25) is 15.1 Å². The first-order valence-electron chi connectivity index (χ1n) is 5.43. The van der Waals surface area contributed by atoms with E-state index in [1.54, 1.807) is 0 Å². The van der Waals surface area contributed by atoms with Crippen molar-refractivity contribution < 1.29 is 12.8 Å². The zero-order chi connectivity index (χ0) is 15.8. The highest BCUT2D eigenvalue weighted by atomic mass is 35.5. The Balaban J connectivity index is 2.43. The van der Waals surface area contributed by atoms with Gasteiger partial charge in [0.05, 0.1) is 26.4 Å². The van der Waals surface area contributed by atoms with Gasteiger partial charge < -0.3 is 5.73 Å². The summed E-state index contributed by atoms with van der Waals surface area (Å²) >= 11 is 17.3. The summed E-state index contributed by atoms with van der Waals surface area (Å²) < 4.78 is 39.9. The van der Waals surface area contributed by atoms with Crippen LogP contribution in [0.25, 0.3) is 0 Å². The average Bonchev–Trinajstić information content (AvgIpc) is 2.37. The van der Waals surface area contributed by atoms with Gasteiger partial charge in [-0.25, -0.2) is 12.8 Å². The fraction of sp³-hybridized carbons (Fsp3) is 0. The number of sulfonamides is 1. The largest absolute Gasteiger partial charge is 0.396 e. The molecule has 0 heterocycles. The van der Waals surface area contributed by atoms with Crippen molar-refractivity contribution in [3.05, 3.63) is 51.2 Å². The molecule has 0 radical (unpaired) electrons. The van der Waals surface area contributed by atoms with E-state index in [1.807, 2.05) is 0 Å². The highest BCUT2D eigenvalue weighted by Crippen LogP contribution is 2.30. The number of nitrogen functional groups attached to an aromatic ring is 1. The second-order valence-corrected chi connectivity index (χ2v) is 6.91. The molecule has 0 bridgehead atoms. The minimum absolute atomic E-state index is 0.182. The van der Waals surface area contributed by atoms with Crippen molar-refractivity contribution in [1.29, 1.82) is 0 Å². The Morgan fingerprint density at radius 2 is 1.67 bits per heavy atom. The molecule has 0 saturated carbocycles. The monoisotopic (exact) mass is 368 g/mol. The molecule has 9 heteroatoms. The van der Waals surface area contributed by atoms with Crippen LogP contribution in [-0.4, -0.2) is 8.42 Å². The van der Waals surface area contributed by atoms with Crippen molar-refractivity contribution in [1.82, 2.24) is 0 Å². The van der Waals surface area contributed by atoms with Crippen molar-refractivity contribution in [3.63, 3.8) is 0 Å². The summed E-state index contributed by atoms with van der Waals surface area (Å²) in [4.78, 5) is -0.339. The average molecular weight is 370 g/mol. The van der Waals surface area contributed by atoms with Crippen LogP contribution in [0.1, 0.15) is 0 Å². The van der Waals surface area contributed by atoms with Gasteiger partial charge in [-0.3, -0.25) is 4.72 Å². The summed E-state index contributed by atoms with van der Waals surface area (Å²) in [6.45, 7) is 0. The number of rotatable bonds is 3. The van der Waals surface area contributed by atoms with Crippen molar-refractivity contribution in [2.45, 2.75) is 4.90 Å². The molecule has 2 rings (SSSR count). The van der Waals surface area contributed by atoms with Gasteiger partial charge in [0.25, 0.3) is 10.0 Å². The van der Waals surface area contributed by atoms with Crippen LogP contribution in [0.5, 0.6) is 0 Å². The maximum Gasteiger partial charge on any atom is 0.263 e. The lowest BCUT2D eigenvalue weighted by Crippen LogP contribution is -2.14.